The molecule has 24 heavy (non-hydrogen) atoms. The monoisotopic (exact) mass is 325 g/mol. The Morgan fingerprint density at radius 2 is 2.04 bits per heavy atom. The molecule has 0 atom stereocenters. The summed E-state index contributed by atoms with van der Waals surface area (Å²) in [7, 11) is 1.40. The second-order valence-electron chi connectivity index (χ2n) is 5.19. The Morgan fingerprint density at radius 1 is 1.25 bits per heavy atom. The van der Waals surface area contributed by atoms with Crippen LogP contribution < -0.4 is 10.1 Å². The molecular weight excluding hydrogens is 309 g/mol. The molecule has 6 heteroatoms. The van der Waals surface area contributed by atoms with Gasteiger partial charge >= 0.3 is 0 Å². The van der Waals surface area contributed by atoms with Crippen LogP contribution in [0.25, 0.3) is 5.69 Å². The lowest BCUT2D eigenvalue weighted by molar-refractivity contribution is -0.115. The molecule has 0 aliphatic rings. The molecule has 5 nitrogen and oxygen atoms in total. The quantitative estimate of drug-likeness (QED) is 0.784. The fraction of sp³-hybridized carbons (Fsp3) is 0.111. The number of amides is 1. The maximum Gasteiger partial charge on any atom is 0.228 e. The van der Waals surface area contributed by atoms with Gasteiger partial charge in [-0.1, -0.05) is 6.07 Å². The van der Waals surface area contributed by atoms with Crippen LogP contribution >= 0.6 is 0 Å². The van der Waals surface area contributed by atoms with Crippen molar-refractivity contribution >= 4 is 11.6 Å². The topological polar surface area (TPSA) is 56.1 Å². The van der Waals surface area contributed by atoms with Gasteiger partial charge in [-0.05, 0) is 48.0 Å². The second kappa shape index (κ2) is 6.95. The summed E-state index contributed by atoms with van der Waals surface area (Å²) in [6, 6.07) is 13.6. The second-order valence-corrected chi connectivity index (χ2v) is 5.19. The smallest absolute Gasteiger partial charge is 0.228 e. The maximum absolute atomic E-state index is 13.6. The minimum Gasteiger partial charge on any atom is -0.494 e. The first-order valence-corrected chi connectivity index (χ1v) is 7.38. The summed E-state index contributed by atoms with van der Waals surface area (Å²) in [4.78, 5) is 12.1. The van der Waals surface area contributed by atoms with E-state index in [1.807, 2.05) is 24.4 Å². The van der Waals surface area contributed by atoms with Crippen LogP contribution in [0.2, 0.25) is 0 Å². The standard InChI is InChI=1S/C18H16FN3O2/c1-24-17-8-3-13(11-16(17)19)12-18(23)21-14-4-6-15(7-5-14)22-10-2-9-20-22/h2-11H,12H2,1H3,(H,21,23). The highest BCUT2D eigenvalue weighted by Crippen LogP contribution is 2.18. The lowest BCUT2D eigenvalue weighted by Crippen LogP contribution is -2.14. The molecule has 0 radical (unpaired) electrons. The van der Waals surface area contributed by atoms with Crippen molar-refractivity contribution in [1.82, 2.24) is 9.78 Å². The Bertz CT molecular complexity index is 830. The molecular formula is C18H16FN3O2. The number of methoxy groups -OCH3 is 1. The van der Waals surface area contributed by atoms with Crippen LogP contribution in [-0.4, -0.2) is 22.8 Å². The van der Waals surface area contributed by atoms with Gasteiger partial charge in [0.2, 0.25) is 5.91 Å². The van der Waals surface area contributed by atoms with Crippen molar-refractivity contribution in [2.75, 3.05) is 12.4 Å². The molecule has 0 fully saturated rings. The average molecular weight is 325 g/mol. The van der Waals surface area contributed by atoms with E-state index in [0.717, 1.165) is 5.69 Å². The molecule has 3 aromatic rings. The number of hydrogen-bond donors (Lipinski definition) is 1. The van der Waals surface area contributed by atoms with Gasteiger partial charge in [-0.15, -0.1) is 0 Å². The van der Waals surface area contributed by atoms with Crippen molar-refractivity contribution in [1.29, 1.82) is 0 Å². The van der Waals surface area contributed by atoms with Gasteiger partial charge in [0.1, 0.15) is 0 Å². The number of carbonyl (C=O) groups excluding carboxylic acids is 1. The summed E-state index contributed by atoms with van der Waals surface area (Å²) in [6.45, 7) is 0. The largest absolute Gasteiger partial charge is 0.494 e. The van der Waals surface area contributed by atoms with Gasteiger partial charge in [-0.3, -0.25) is 4.79 Å². The van der Waals surface area contributed by atoms with Crippen molar-refractivity contribution in [3.05, 3.63) is 72.3 Å². The predicted octanol–water partition coefficient (Wildman–Crippen LogP) is 3.20. The highest BCUT2D eigenvalue weighted by molar-refractivity contribution is 5.92. The lowest BCUT2D eigenvalue weighted by atomic mass is 10.1. The molecule has 1 N–H and O–H groups in total. The van der Waals surface area contributed by atoms with Gasteiger partial charge in [0, 0.05) is 18.1 Å². The van der Waals surface area contributed by atoms with Gasteiger partial charge in [0.05, 0.1) is 19.2 Å². The van der Waals surface area contributed by atoms with Gasteiger partial charge in [0.15, 0.2) is 11.6 Å². The molecule has 0 spiro atoms. The molecule has 122 valence electrons. The number of nitrogens with zero attached hydrogens (tertiary/aromatic N) is 2. The van der Waals surface area contributed by atoms with Crippen LogP contribution in [0.3, 0.4) is 0 Å². The molecule has 3 rings (SSSR count). The SMILES string of the molecule is COc1ccc(CC(=O)Nc2ccc(-n3cccn3)cc2)cc1F. The zero-order chi connectivity index (χ0) is 16.9. The summed E-state index contributed by atoms with van der Waals surface area (Å²) in [6.07, 6.45) is 3.62. The maximum atomic E-state index is 13.6. The fourth-order valence-electron chi connectivity index (χ4n) is 2.33. The Morgan fingerprint density at radius 3 is 2.67 bits per heavy atom. The molecule has 0 saturated carbocycles. The average Bonchev–Trinajstić information content (AvgIpc) is 3.10. The van der Waals surface area contributed by atoms with E-state index in [-0.39, 0.29) is 18.1 Å². The van der Waals surface area contributed by atoms with E-state index < -0.39 is 5.82 Å². The number of halogens is 1. The van der Waals surface area contributed by atoms with Crippen molar-refractivity contribution in [2.45, 2.75) is 6.42 Å². The first-order valence-electron chi connectivity index (χ1n) is 7.38. The first-order chi connectivity index (χ1) is 11.7. The van der Waals surface area contributed by atoms with Crippen LogP contribution in [0.1, 0.15) is 5.56 Å². The molecule has 2 aromatic carbocycles. The van der Waals surface area contributed by atoms with Crippen LogP contribution in [0.5, 0.6) is 5.75 Å². The van der Waals surface area contributed by atoms with E-state index in [1.54, 1.807) is 29.1 Å². The minimum atomic E-state index is -0.480. The molecule has 1 amide bonds. The third-order valence-electron chi connectivity index (χ3n) is 3.50. The Labute approximate surface area is 138 Å². The highest BCUT2D eigenvalue weighted by Gasteiger charge is 2.08. The zero-order valence-corrected chi connectivity index (χ0v) is 13.1. The van der Waals surface area contributed by atoms with Crippen molar-refractivity contribution in [3.63, 3.8) is 0 Å². The number of anilines is 1. The van der Waals surface area contributed by atoms with Crippen LogP contribution in [-0.2, 0) is 11.2 Å². The summed E-state index contributed by atoms with van der Waals surface area (Å²) < 4.78 is 20.2. The number of aromatic nitrogens is 2. The normalized spacial score (nSPS) is 10.4. The molecule has 1 heterocycles. The van der Waals surface area contributed by atoms with Gasteiger partial charge in [0.25, 0.3) is 0 Å². The fourth-order valence-corrected chi connectivity index (χ4v) is 2.33. The predicted molar refractivity (Wildman–Crippen MR) is 88.8 cm³/mol. The van der Waals surface area contributed by atoms with Crippen LogP contribution in [0.4, 0.5) is 10.1 Å². The number of hydrogen-bond acceptors (Lipinski definition) is 3. The third kappa shape index (κ3) is 3.60. The van der Waals surface area contributed by atoms with E-state index in [0.29, 0.717) is 11.3 Å². The molecule has 0 unspecified atom stereocenters. The van der Waals surface area contributed by atoms with E-state index >= 15 is 0 Å². The van der Waals surface area contributed by atoms with Crippen molar-refractivity contribution < 1.29 is 13.9 Å². The number of ether oxygens (including phenoxy) is 1. The third-order valence-corrected chi connectivity index (χ3v) is 3.50. The summed E-state index contributed by atoms with van der Waals surface area (Å²) >= 11 is 0. The number of benzene rings is 2. The molecule has 0 saturated heterocycles. The first kappa shape index (κ1) is 15.7. The minimum absolute atomic E-state index is 0.0851. The highest BCUT2D eigenvalue weighted by atomic mass is 19.1. The molecule has 0 aliphatic heterocycles. The zero-order valence-electron chi connectivity index (χ0n) is 13.1. The van der Waals surface area contributed by atoms with Gasteiger partial charge < -0.3 is 10.1 Å². The van der Waals surface area contributed by atoms with Crippen LogP contribution in [0.15, 0.2) is 60.9 Å². The number of carbonyl (C=O) groups is 1. The Hall–Kier alpha value is -3.15. The van der Waals surface area contributed by atoms with Gasteiger partial charge in [-0.2, -0.15) is 5.10 Å². The van der Waals surface area contributed by atoms with Crippen molar-refractivity contribution in [3.8, 4) is 11.4 Å². The molecule has 1 aromatic heterocycles. The van der Waals surface area contributed by atoms with E-state index in [4.69, 9.17) is 4.74 Å². The lowest BCUT2D eigenvalue weighted by Gasteiger charge is -2.08. The Balaban J connectivity index is 1.63. The Kier molecular flexibility index (Phi) is 4.56. The summed E-state index contributed by atoms with van der Waals surface area (Å²) in [5.74, 6) is -0.536. The molecule has 0 aliphatic carbocycles. The van der Waals surface area contributed by atoms with E-state index in [1.165, 1.54) is 19.2 Å². The van der Waals surface area contributed by atoms with Crippen LogP contribution in [0, 0.1) is 5.82 Å². The van der Waals surface area contributed by atoms with E-state index in [9.17, 15) is 9.18 Å². The number of nitrogens with one attached hydrogen (secondary N) is 1. The summed E-state index contributed by atoms with van der Waals surface area (Å²) in [5.41, 5.74) is 2.15. The van der Waals surface area contributed by atoms with Crippen molar-refractivity contribution in [2.24, 2.45) is 0 Å². The summed E-state index contributed by atoms with van der Waals surface area (Å²) in [5, 5.41) is 6.93. The van der Waals surface area contributed by atoms with E-state index in [2.05, 4.69) is 10.4 Å². The molecule has 0 bridgehead atoms. The number of rotatable bonds is 5. The van der Waals surface area contributed by atoms with Gasteiger partial charge in [-0.25, -0.2) is 9.07 Å².